The summed E-state index contributed by atoms with van der Waals surface area (Å²) in [7, 11) is 4.65. The number of Topliss-reactive ketones (excluding diaryl/α,β-unsaturated/α-hetero) is 1. The standard InChI is InChI=1S/C12H15BrO4/c1-7(14)5-8-6-9(15-2)12(17-4)10(13)11(8)16-3/h6H,5H2,1-4H3. The van der Waals surface area contributed by atoms with Crippen LogP contribution in [-0.4, -0.2) is 27.1 Å². The molecule has 1 rings (SSSR count). The van der Waals surface area contributed by atoms with Crippen molar-refractivity contribution in [2.45, 2.75) is 13.3 Å². The number of hydrogen-bond acceptors (Lipinski definition) is 4. The lowest BCUT2D eigenvalue weighted by Gasteiger charge is -2.16. The molecule has 0 N–H and O–H groups in total. The normalized spacial score (nSPS) is 9.94. The van der Waals surface area contributed by atoms with Gasteiger partial charge in [-0.25, -0.2) is 0 Å². The van der Waals surface area contributed by atoms with E-state index in [4.69, 9.17) is 14.2 Å². The molecule has 0 saturated carbocycles. The van der Waals surface area contributed by atoms with Crippen LogP contribution in [-0.2, 0) is 11.2 Å². The van der Waals surface area contributed by atoms with E-state index < -0.39 is 0 Å². The molecule has 94 valence electrons. The van der Waals surface area contributed by atoms with Gasteiger partial charge in [0.1, 0.15) is 16.0 Å². The maximum atomic E-state index is 11.2. The summed E-state index contributed by atoms with van der Waals surface area (Å²) in [6, 6.07) is 1.75. The van der Waals surface area contributed by atoms with Crippen LogP contribution in [0.1, 0.15) is 12.5 Å². The number of carbonyl (C=O) groups excluding carboxylic acids is 1. The minimum Gasteiger partial charge on any atom is -0.495 e. The number of methoxy groups -OCH3 is 3. The van der Waals surface area contributed by atoms with E-state index in [0.717, 1.165) is 5.56 Å². The zero-order valence-corrected chi connectivity index (χ0v) is 11.9. The van der Waals surface area contributed by atoms with Crippen LogP contribution in [0.5, 0.6) is 17.2 Å². The monoisotopic (exact) mass is 302 g/mol. The second-order valence-electron chi connectivity index (χ2n) is 3.50. The summed E-state index contributed by atoms with van der Waals surface area (Å²) in [5, 5.41) is 0. The number of hydrogen-bond donors (Lipinski definition) is 0. The molecular weight excluding hydrogens is 288 g/mol. The van der Waals surface area contributed by atoms with Gasteiger partial charge in [0.15, 0.2) is 11.5 Å². The molecule has 5 heteroatoms. The summed E-state index contributed by atoms with van der Waals surface area (Å²) in [6.45, 7) is 1.53. The van der Waals surface area contributed by atoms with E-state index in [-0.39, 0.29) is 5.78 Å². The highest BCUT2D eigenvalue weighted by Crippen LogP contribution is 2.44. The van der Waals surface area contributed by atoms with Crippen molar-refractivity contribution in [3.63, 3.8) is 0 Å². The van der Waals surface area contributed by atoms with Crippen LogP contribution in [0, 0.1) is 0 Å². The number of halogens is 1. The second kappa shape index (κ2) is 5.91. The van der Waals surface area contributed by atoms with Crippen LogP contribution in [0.3, 0.4) is 0 Å². The van der Waals surface area contributed by atoms with Crippen molar-refractivity contribution >= 4 is 21.7 Å². The van der Waals surface area contributed by atoms with Crippen LogP contribution in [0.2, 0.25) is 0 Å². The molecule has 0 aliphatic heterocycles. The molecule has 0 aliphatic rings. The molecule has 0 heterocycles. The lowest BCUT2D eigenvalue weighted by molar-refractivity contribution is -0.116. The number of carbonyl (C=O) groups is 1. The zero-order chi connectivity index (χ0) is 13.0. The third kappa shape index (κ3) is 2.91. The van der Waals surface area contributed by atoms with E-state index >= 15 is 0 Å². The largest absolute Gasteiger partial charge is 0.495 e. The first-order valence-electron chi connectivity index (χ1n) is 5.01. The van der Waals surface area contributed by atoms with Crippen molar-refractivity contribution in [2.75, 3.05) is 21.3 Å². The maximum absolute atomic E-state index is 11.2. The average molecular weight is 303 g/mol. The fourth-order valence-electron chi connectivity index (χ4n) is 1.60. The average Bonchev–Trinajstić information content (AvgIpc) is 2.28. The van der Waals surface area contributed by atoms with E-state index in [1.807, 2.05) is 0 Å². The summed E-state index contributed by atoms with van der Waals surface area (Å²) >= 11 is 3.39. The van der Waals surface area contributed by atoms with Gasteiger partial charge in [-0.05, 0) is 28.9 Å². The maximum Gasteiger partial charge on any atom is 0.178 e. The van der Waals surface area contributed by atoms with Gasteiger partial charge in [-0.15, -0.1) is 0 Å². The summed E-state index contributed by atoms with van der Waals surface area (Å²) in [5.74, 6) is 1.77. The molecule has 17 heavy (non-hydrogen) atoms. The van der Waals surface area contributed by atoms with Crippen molar-refractivity contribution in [3.05, 3.63) is 16.1 Å². The quantitative estimate of drug-likeness (QED) is 0.839. The third-order valence-electron chi connectivity index (χ3n) is 2.29. The smallest absolute Gasteiger partial charge is 0.178 e. The molecule has 0 aromatic heterocycles. The molecule has 1 aromatic rings. The predicted molar refractivity (Wildman–Crippen MR) is 68.2 cm³/mol. The van der Waals surface area contributed by atoms with Gasteiger partial charge in [-0.2, -0.15) is 0 Å². The molecule has 0 radical (unpaired) electrons. The number of ketones is 1. The van der Waals surface area contributed by atoms with Crippen LogP contribution in [0.4, 0.5) is 0 Å². The van der Waals surface area contributed by atoms with E-state index in [1.165, 1.54) is 6.92 Å². The number of benzene rings is 1. The molecule has 0 aliphatic carbocycles. The Morgan fingerprint density at radius 2 is 1.76 bits per heavy atom. The molecule has 0 amide bonds. The topological polar surface area (TPSA) is 44.8 Å². The zero-order valence-electron chi connectivity index (χ0n) is 10.3. The molecule has 0 spiro atoms. The molecule has 0 saturated heterocycles. The van der Waals surface area contributed by atoms with Gasteiger partial charge in [0.2, 0.25) is 0 Å². The Hall–Kier alpha value is -1.23. The Balaban J connectivity index is 3.39. The Labute approximate surface area is 109 Å². The Morgan fingerprint density at radius 1 is 1.18 bits per heavy atom. The molecule has 0 unspecified atom stereocenters. The minimum absolute atomic E-state index is 0.0578. The lowest BCUT2D eigenvalue weighted by atomic mass is 10.1. The minimum atomic E-state index is 0.0578. The first-order valence-corrected chi connectivity index (χ1v) is 5.81. The first-order chi connectivity index (χ1) is 8.04. The van der Waals surface area contributed by atoms with Gasteiger partial charge >= 0.3 is 0 Å². The lowest BCUT2D eigenvalue weighted by Crippen LogP contribution is -2.03. The van der Waals surface area contributed by atoms with E-state index in [9.17, 15) is 4.79 Å². The van der Waals surface area contributed by atoms with Crippen molar-refractivity contribution in [2.24, 2.45) is 0 Å². The summed E-state index contributed by atoms with van der Waals surface area (Å²) in [5.41, 5.74) is 0.768. The van der Waals surface area contributed by atoms with Gasteiger partial charge in [-0.1, -0.05) is 0 Å². The molecular formula is C12H15BrO4. The van der Waals surface area contributed by atoms with Gasteiger partial charge in [0, 0.05) is 12.0 Å². The summed E-state index contributed by atoms with van der Waals surface area (Å²) < 4.78 is 16.4. The molecule has 1 aromatic carbocycles. The van der Waals surface area contributed by atoms with Crippen LogP contribution >= 0.6 is 15.9 Å². The Bertz CT molecular complexity index is 429. The Morgan fingerprint density at radius 3 is 2.18 bits per heavy atom. The molecule has 0 bridgehead atoms. The highest BCUT2D eigenvalue weighted by molar-refractivity contribution is 9.10. The molecule has 0 atom stereocenters. The Kier molecular flexibility index (Phi) is 4.81. The first kappa shape index (κ1) is 13.8. The number of rotatable bonds is 5. The third-order valence-corrected chi connectivity index (χ3v) is 3.01. The van der Waals surface area contributed by atoms with Gasteiger partial charge in [0.05, 0.1) is 21.3 Å². The summed E-state index contributed by atoms with van der Waals surface area (Å²) in [6.07, 6.45) is 0.294. The van der Waals surface area contributed by atoms with Crippen LogP contribution in [0.15, 0.2) is 10.5 Å². The highest BCUT2D eigenvalue weighted by Gasteiger charge is 2.19. The van der Waals surface area contributed by atoms with Crippen LogP contribution < -0.4 is 14.2 Å². The van der Waals surface area contributed by atoms with Crippen molar-refractivity contribution in [1.29, 1.82) is 0 Å². The second-order valence-corrected chi connectivity index (χ2v) is 4.29. The van der Waals surface area contributed by atoms with Gasteiger partial charge in [0.25, 0.3) is 0 Å². The van der Waals surface area contributed by atoms with E-state index in [2.05, 4.69) is 15.9 Å². The van der Waals surface area contributed by atoms with E-state index in [1.54, 1.807) is 27.4 Å². The van der Waals surface area contributed by atoms with Gasteiger partial charge < -0.3 is 14.2 Å². The van der Waals surface area contributed by atoms with Crippen molar-refractivity contribution < 1.29 is 19.0 Å². The fourth-order valence-corrected chi connectivity index (χ4v) is 2.38. The predicted octanol–water partition coefficient (Wildman–Crippen LogP) is 2.61. The fraction of sp³-hybridized carbons (Fsp3) is 0.417. The molecule has 4 nitrogen and oxygen atoms in total. The van der Waals surface area contributed by atoms with Crippen LogP contribution in [0.25, 0.3) is 0 Å². The highest BCUT2D eigenvalue weighted by atomic mass is 79.9. The van der Waals surface area contributed by atoms with Crippen molar-refractivity contribution in [3.8, 4) is 17.2 Å². The summed E-state index contributed by atoms with van der Waals surface area (Å²) in [4.78, 5) is 11.2. The van der Waals surface area contributed by atoms with Crippen molar-refractivity contribution in [1.82, 2.24) is 0 Å². The SMILES string of the molecule is COc1cc(CC(C)=O)c(OC)c(Br)c1OC. The van der Waals surface area contributed by atoms with E-state index in [0.29, 0.717) is 28.1 Å². The van der Waals surface area contributed by atoms with Gasteiger partial charge in [-0.3, -0.25) is 4.79 Å². The number of ether oxygens (including phenoxy) is 3. The molecule has 0 fully saturated rings.